The number of aromatic nitrogens is 2. The van der Waals surface area contributed by atoms with Gasteiger partial charge in [-0.1, -0.05) is 41.5 Å². The third kappa shape index (κ3) is 2.92. The number of rotatable bonds is 5. The number of carbonyl (C=O) groups excluding carboxylic acids is 1. The van der Waals surface area contributed by atoms with Crippen molar-refractivity contribution >= 4 is 25.3 Å². The number of hydrogen-bond acceptors (Lipinski definition) is 4. The molecule has 0 saturated carbocycles. The highest BCUT2D eigenvalue weighted by Gasteiger charge is 2.47. The molecule has 0 fully saturated rings. The van der Waals surface area contributed by atoms with Gasteiger partial charge in [0.2, 0.25) is 0 Å². The number of pyridine rings is 2. The molecule has 0 spiro atoms. The van der Waals surface area contributed by atoms with Gasteiger partial charge in [-0.05, 0) is 28.8 Å². The molecule has 5 nitrogen and oxygen atoms in total. The number of nitrogens with zero attached hydrogens (tertiary/aromatic N) is 2. The Morgan fingerprint density at radius 1 is 1.00 bits per heavy atom. The first-order valence-corrected chi connectivity index (χ1v) is 11.2. The first-order chi connectivity index (χ1) is 11.8. The van der Waals surface area contributed by atoms with E-state index in [4.69, 9.17) is 4.43 Å². The molecule has 0 unspecified atom stereocenters. The number of nitrogens with one attached hydrogen (secondary N) is 1. The van der Waals surface area contributed by atoms with Crippen LogP contribution in [0.25, 0.3) is 11.0 Å². The summed E-state index contributed by atoms with van der Waals surface area (Å²) < 4.78 is 6.64. The van der Waals surface area contributed by atoms with Gasteiger partial charge in [0.25, 0.3) is 14.2 Å². The fourth-order valence-corrected chi connectivity index (χ4v) is 9.44. The van der Waals surface area contributed by atoms with Gasteiger partial charge in [0.15, 0.2) is 5.88 Å². The van der Waals surface area contributed by atoms with Gasteiger partial charge in [-0.25, -0.2) is 9.97 Å². The fourth-order valence-electron chi connectivity index (χ4n) is 4.26. The van der Waals surface area contributed by atoms with Crippen LogP contribution in [0.15, 0.2) is 18.2 Å². The minimum Gasteiger partial charge on any atom is -0.530 e. The minimum atomic E-state index is -2.05. The predicted molar refractivity (Wildman–Crippen MR) is 102 cm³/mol. The average Bonchev–Trinajstić information content (AvgIpc) is 2.90. The van der Waals surface area contributed by atoms with Gasteiger partial charge >= 0.3 is 0 Å². The van der Waals surface area contributed by atoms with Crippen LogP contribution in [0, 0.1) is 0 Å². The molecule has 134 valence electrons. The van der Waals surface area contributed by atoms with Crippen molar-refractivity contribution < 1.29 is 9.22 Å². The first kappa shape index (κ1) is 17.9. The fraction of sp³-hybridized carbons (Fsp3) is 0.526. The zero-order valence-electron chi connectivity index (χ0n) is 15.9. The van der Waals surface area contributed by atoms with Crippen LogP contribution in [-0.2, 0) is 6.54 Å². The van der Waals surface area contributed by atoms with E-state index in [0.29, 0.717) is 40.1 Å². The summed E-state index contributed by atoms with van der Waals surface area (Å²) in [5.74, 6) is 0.572. The van der Waals surface area contributed by atoms with Crippen molar-refractivity contribution in [3.8, 4) is 5.88 Å². The van der Waals surface area contributed by atoms with Crippen LogP contribution < -0.4 is 9.74 Å². The van der Waals surface area contributed by atoms with E-state index in [1.165, 1.54) is 0 Å². The molecular weight excluding hydrogens is 330 g/mol. The van der Waals surface area contributed by atoms with Crippen molar-refractivity contribution in [1.29, 1.82) is 0 Å². The summed E-state index contributed by atoms with van der Waals surface area (Å²) in [5.41, 5.74) is 4.37. The normalized spacial score (nSPS) is 14.5. The lowest BCUT2D eigenvalue weighted by Gasteiger charge is -2.41. The van der Waals surface area contributed by atoms with Crippen molar-refractivity contribution in [3.63, 3.8) is 0 Å². The Hall–Kier alpha value is -1.95. The van der Waals surface area contributed by atoms with Gasteiger partial charge in [-0.2, -0.15) is 0 Å². The Labute approximate surface area is 150 Å². The number of carbonyl (C=O) groups is 1. The van der Waals surface area contributed by atoms with Crippen LogP contribution in [0.5, 0.6) is 5.88 Å². The van der Waals surface area contributed by atoms with E-state index >= 15 is 0 Å². The lowest BCUT2D eigenvalue weighted by atomic mass is 10.2. The van der Waals surface area contributed by atoms with Crippen molar-refractivity contribution in [2.45, 2.75) is 64.7 Å². The van der Waals surface area contributed by atoms with E-state index in [-0.39, 0.29) is 5.91 Å². The van der Waals surface area contributed by atoms with E-state index in [1.807, 2.05) is 18.2 Å². The molecule has 25 heavy (non-hydrogen) atoms. The first-order valence-electron chi connectivity index (χ1n) is 9.03. The summed E-state index contributed by atoms with van der Waals surface area (Å²) in [6.07, 6.45) is 0. The Morgan fingerprint density at radius 2 is 1.64 bits per heavy atom. The van der Waals surface area contributed by atoms with Crippen LogP contribution in [0.2, 0.25) is 16.6 Å². The molecule has 0 aliphatic carbocycles. The molecule has 2 aromatic heterocycles. The van der Waals surface area contributed by atoms with E-state index in [2.05, 4.69) is 56.8 Å². The van der Waals surface area contributed by atoms with Crippen molar-refractivity contribution in [2.75, 3.05) is 0 Å². The summed E-state index contributed by atoms with van der Waals surface area (Å²) in [5, 5.41) is 2.80. The number of fused-ring (bicyclic) bond motifs is 2. The average molecular weight is 358 g/mol. The molecule has 0 atom stereocenters. The summed E-state index contributed by atoms with van der Waals surface area (Å²) in [4.78, 5) is 21.1. The SMILES string of the molecule is CC(C)[Si](Oc1ccc2nc3c(cc2n1)C(=O)NC3)(C(C)C)C(C)C. The number of hydrogen-bond donors (Lipinski definition) is 1. The third-order valence-electron chi connectivity index (χ3n) is 5.37. The topological polar surface area (TPSA) is 64.1 Å². The molecule has 1 aliphatic heterocycles. The lowest BCUT2D eigenvalue weighted by molar-refractivity contribution is 0.0966. The van der Waals surface area contributed by atoms with Gasteiger partial charge in [-0.3, -0.25) is 4.79 Å². The van der Waals surface area contributed by atoms with E-state index in [0.717, 1.165) is 11.2 Å². The second-order valence-electron chi connectivity index (χ2n) is 7.77. The van der Waals surface area contributed by atoms with Gasteiger partial charge in [-0.15, -0.1) is 0 Å². The molecule has 0 radical (unpaired) electrons. The summed E-state index contributed by atoms with van der Waals surface area (Å²) in [7, 11) is -2.05. The highest BCUT2D eigenvalue weighted by molar-refractivity contribution is 6.78. The smallest absolute Gasteiger partial charge is 0.260 e. The second-order valence-corrected chi connectivity index (χ2v) is 13.1. The van der Waals surface area contributed by atoms with Gasteiger partial charge < -0.3 is 9.74 Å². The van der Waals surface area contributed by atoms with Gasteiger partial charge in [0, 0.05) is 6.07 Å². The highest BCUT2D eigenvalue weighted by atomic mass is 28.4. The van der Waals surface area contributed by atoms with Crippen molar-refractivity contribution in [2.24, 2.45) is 0 Å². The molecule has 6 heteroatoms. The predicted octanol–water partition coefficient (Wildman–Crippen LogP) is 4.43. The zero-order chi connectivity index (χ0) is 18.4. The Kier molecular flexibility index (Phi) is 4.58. The molecule has 2 aromatic rings. The van der Waals surface area contributed by atoms with Crippen LogP contribution in [0.1, 0.15) is 57.6 Å². The monoisotopic (exact) mass is 357 g/mol. The van der Waals surface area contributed by atoms with Crippen LogP contribution >= 0.6 is 0 Å². The summed E-state index contributed by atoms with van der Waals surface area (Å²) >= 11 is 0. The summed E-state index contributed by atoms with van der Waals surface area (Å²) in [6, 6.07) is 5.69. The third-order valence-corrected chi connectivity index (χ3v) is 11.4. The maximum Gasteiger partial charge on any atom is 0.260 e. The Balaban J connectivity index is 2.04. The lowest BCUT2D eigenvalue weighted by Crippen LogP contribution is -2.50. The maximum absolute atomic E-state index is 11.9. The molecule has 1 N–H and O–H groups in total. The summed E-state index contributed by atoms with van der Waals surface area (Å²) in [6.45, 7) is 14.0. The van der Waals surface area contributed by atoms with Crippen molar-refractivity contribution in [1.82, 2.24) is 15.3 Å². The second kappa shape index (κ2) is 6.41. The van der Waals surface area contributed by atoms with E-state index in [9.17, 15) is 4.79 Å². The maximum atomic E-state index is 11.9. The molecule has 3 rings (SSSR count). The largest absolute Gasteiger partial charge is 0.530 e. The van der Waals surface area contributed by atoms with E-state index in [1.54, 1.807) is 0 Å². The van der Waals surface area contributed by atoms with E-state index < -0.39 is 8.32 Å². The van der Waals surface area contributed by atoms with Gasteiger partial charge in [0.05, 0.1) is 28.8 Å². The minimum absolute atomic E-state index is 0.0761. The molecule has 1 amide bonds. The van der Waals surface area contributed by atoms with Crippen LogP contribution in [0.4, 0.5) is 0 Å². The van der Waals surface area contributed by atoms with Crippen LogP contribution in [0.3, 0.4) is 0 Å². The standard InChI is InChI=1S/C19H27N3O2Si/c1-11(2)25(12(3)4,13(5)6)24-18-8-7-15-16(22-18)9-14-17(21-15)10-20-19(14)23/h7-9,11-13H,10H2,1-6H3,(H,20,23). The number of amides is 1. The highest BCUT2D eigenvalue weighted by Crippen LogP contribution is 2.42. The molecule has 1 aliphatic rings. The van der Waals surface area contributed by atoms with Crippen molar-refractivity contribution in [3.05, 3.63) is 29.5 Å². The molecular formula is C19H27N3O2Si. The van der Waals surface area contributed by atoms with Crippen LogP contribution in [-0.4, -0.2) is 24.2 Å². The Bertz CT molecular complexity index is 796. The molecule has 0 aromatic carbocycles. The quantitative estimate of drug-likeness (QED) is 0.804. The molecule has 0 bridgehead atoms. The zero-order valence-corrected chi connectivity index (χ0v) is 16.9. The molecule has 0 saturated heterocycles. The Morgan fingerprint density at radius 3 is 2.24 bits per heavy atom. The molecule has 3 heterocycles. The van der Waals surface area contributed by atoms with Gasteiger partial charge in [0.1, 0.15) is 0 Å².